The zero-order chi connectivity index (χ0) is 15.4. The van der Waals surface area contributed by atoms with Gasteiger partial charge >= 0.3 is 0 Å². The lowest BCUT2D eigenvalue weighted by molar-refractivity contribution is 0.0951. The van der Waals surface area contributed by atoms with Gasteiger partial charge < -0.3 is 5.32 Å². The minimum absolute atomic E-state index is 0.0284. The van der Waals surface area contributed by atoms with Crippen LogP contribution in [0.2, 0.25) is 5.02 Å². The van der Waals surface area contributed by atoms with Gasteiger partial charge in [0.25, 0.3) is 5.91 Å². The molecule has 3 nitrogen and oxygen atoms in total. The van der Waals surface area contributed by atoms with Gasteiger partial charge in [0, 0.05) is 12.1 Å². The minimum Gasteiger partial charge on any atom is -0.348 e. The number of nitrogens with one attached hydrogen (secondary N) is 1. The maximum atomic E-state index is 13.7. The fraction of sp³-hybridized carbons (Fsp3) is 0.125. The first-order valence-electron chi connectivity index (χ1n) is 6.24. The zero-order valence-electron chi connectivity index (χ0n) is 11.3. The van der Waals surface area contributed by atoms with Gasteiger partial charge in [-0.25, -0.2) is 4.39 Å². The Morgan fingerprint density at radius 3 is 2.71 bits per heavy atom. The molecule has 1 N–H and O–H groups in total. The van der Waals surface area contributed by atoms with E-state index in [0.717, 1.165) is 11.6 Å². The first kappa shape index (κ1) is 15.0. The quantitative estimate of drug-likeness (QED) is 0.942. The number of hydrogen-bond acceptors (Lipinski definition) is 2. The molecule has 0 saturated heterocycles. The van der Waals surface area contributed by atoms with Gasteiger partial charge in [0.15, 0.2) is 0 Å². The van der Waals surface area contributed by atoms with Crippen molar-refractivity contribution in [1.29, 1.82) is 5.26 Å². The number of nitriles is 1. The fourth-order valence-corrected chi connectivity index (χ4v) is 2.16. The van der Waals surface area contributed by atoms with Crippen LogP contribution in [0.5, 0.6) is 0 Å². The Morgan fingerprint density at radius 2 is 2.10 bits per heavy atom. The molecule has 1 amide bonds. The summed E-state index contributed by atoms with van der Waals surface area (Å²) in [5, 5.41) is 11.6. The van der Waals surface area contributed by atoms with Crippen LogP contribution in [-0.4, -0.2) is 5.91 Å². The van der Waals surface area contributed by atoms with Crippen molar-refractivity contribution in [1.82, 2.24) is 5.32 Å². The molecule has 0 saturated carbocycles. The molecule has 0 aromatic heterocycles. The Balaban J connectivity index is 2.09. The van der Waals surface area contributed by atoms with E-state index in [1.54, 1.807) is 18.2 Å². The molecule has 0 atom stereocenters. The number of carbonyl (C=O) groups is 1. The maximum Gasteiger partial charge on any atom is 0.253 e. The number of amides is 1. The molecule has 0 aliphatic rings. The van der Waals surface area contributed by atoms with Crippen molar-refractivity contribution in [3.05, 3.63) is 69.5 Å². The number of benzene rings is 2. The molecule has 0 unspecified atom stereocenters. The number of hydrogen-bond donors (Lipinski definition) is 1. The van der Waals surface area contributed by atoms with Crippen molar-refractivity contribution in [2.24, 2.45) is 0 Å². The second-order valence-corrected chi connectivity index (χ2v) is 4.99. The van der Waals surface area contributed by atoms with E-state index in [9.17, 15) is 9.18 Å². The number of halogens is 2. The molecule has 0 fully saturated rings. The molecule has 5 heteroatoms. The van der Waals surface area contributed by atoms with Gasteiger partial charge in [0.1, 0.15) is 5.82 Å². The van der Waals surface area contributed by atoms with Crippen LogP contribution >= 0.6 is 11.6 Å². The van der Waals surface area contributed by atoms with E-state index < -0.39 is 5.82 Å². The molecule has 0 radical (unpaired) electrons. The summed E-state index contributed by atoms with van der Waals surface area (Å²) in [5.41, 5.74) is 1.85. The minimum atomic E-state index is -0.524. The predicted octanol–water partition coefficient (Wildman–Crippen LogP) is 3.59. The summed E-state index contributed by atoms with van der Waals surface area (Å²) in [6, 6.07) is 11.1. The fourth-order valence-electron chi connectivity index (χ4n) is 1.84. The highest BCUT2D eigenvalue weighted by molar-refractivity contribution is 6.33. The summed E-state index contributed by atoms with van der Waals surface area (Å²) in [6.07, 6.45) is 0. The number of rotatable bonds is 3. The lowest BCUT2D eigenvalue weighted by Gasteiger charge is -2.08. The van der Waals surface area contributed by atoms with Crippen LogP contribution in [0.1, 0.15) is 27.0 Å². The predicted molar refractivity (Wildman–Crippen MR) is 78.5 cm³/mol. The molecular weight excluding hydrogens is 291 g/mol. The number of aryl methyl sites for hydroxylation is 1. The molecule has 0 spiro atoms. The van der Waals surface area contributed by atoms with Crippen LogP contribution in [0.15, 0.2) is 36.4 Å². The van der Waals surface area contributed by atoms with Crippen LogP contribution in [0.3, 0.4) is 0 Å². The summed E-state index contributed by atoms with van der Waals surface area (Å²) in [7, 11) is 0. The largest absolute Gasteiger partial charge is 0.348 e. The van der Waals surface area contributed by atoms with Gasteiger partial charge in [-0.3, -0.25) is 4.79 Å². The summed E-state index contributed by atoms with van der Waals surface area (Å²) < 4.78 is 13.7. The Hall–Kier alpha value is -2.38. The summed E-state index contributed by atoms with van der Waals surface area (Å²) in [5.74, 6) is -0.895. The molecule has 0 bridgehead atoms. The van der Waals surface area contributed by atoms with Crippen LogP contribution in [0, 0.1) is 24.1 Å². The summed E-state index contributed by atoms with van der Waals surface area (Å²) >= 11 is 6.01. The Kier molecular flexibility index (Phi) is 4.56. The lowest BCUT2D eigenvalue weighted by atomic mass is 10.1. The van der Waals surface area contributed by atoms with Crippen LogP contribution in [0.25, 0.3) is 0 Å². The summed E-state index contributed by atoms with van der Waals surface area (Å²) in [6.45, 7) is 1.90. The highest BCUT2D eigenvalue weighted by atomic mass is 35.5. The average Bonchev–Trinajstić information content (AvgIpc) is 2.45. The lowest BCUT2D eigenvalue weighted by Crippen LogP contribution is -2.23. The number of nitrogens with zero attached hydrogens (tertiary/aromatic N) is 1. The van der Waals surface area contributed by atoms with Gasteiger partial charge in [-0.15, -0.1) is 0 Å². The Morgan fingerprint density at radius 1 is 1.33 bits per heavy atom. The third-order valence-corrected chi connectivity index (χ3v) is 3.30. The van der Waals surface area contributed by atoms with Gasteiger partial charge in [0.2, 0.25) is 0 Å². The SMILES string of the molecule is Cc1ccc(C(=O)NCc2ccc(C#N)cc2F)c(Cl)c1. The third-order valence-electron chi connectivity index (χ3n) is 2.99. The van der Waals surface area contributed by atoms with Crippen LogP contribution in [-0.2, 0) is 6.54 Å². The molecule has 0 aliphatic carbocycles. The molecule has 2 rings (SSSR count). The molecule has 2 aromatic carbocycles. The van der Waals surface area contributed by atoms with Gasteiger partial charge in [0.05, 0.1) is 22.2 Å². The van der Waals surface area contributed by atoms with Crippen molar-refractivity contribution < 1.29 is 9.18 Å². The van der Waals surface area contributed by atoms with Gasteiger partial charge in [-0.2, -0.15) is 5.26 Å². The van der Waals surface area contributed by atoms with E-state index in [1.807, 2.05) is 13.0 Å². The Labute approximate surface area is 127 Å². The Bertz CT molecular complexity index is 738. The summed E-state index contributed by atoms with van der Waals surface area (Å²) in [4.78, 5) is 12.0. The highest BCUT2D eigenvalue weighted by Crippen LogP contribution is 2.18. The van der Waals surface area contributed by atoms with E-state index in [0.29, 0.717) is 16.1 Å². The third kappa shape index (κ3) is 3.59. The smallest absolute Gasteiger partial charge is 0.253 e. The molecular formula is C16H12ClFN2O. The van der Waals surface area contributed by atoms with Crippen molar-refractivity contribution >= 4 is 17.5 Å². The second-order valence-electron chi connectivity index (χ2n) is 4.58. The molecule has 106 valence electrons. The van der Waals surface area contributed by atoms with Crippen molar-refractivity contribution in [2.45, 2.75) is 13.5 Å². The van der Waals surface area contributed by atoms with E-state index in [-0.39, 0.29) is 18.0 Å². The van der Waals surface area contributed by atoms with E-state index in [4.69, 9.17) is 16.9 Å². The maximum absolute atomic E-state index is 13.7. The second kappa shape index (κ2) is 6.38. The van der Waals surface area contributed by atoms with Crippen molar-refractivity contribution in [2.75, 3.05) is 0 Å². The van der Waals surface area contributed by atoms with Gasteiger partial charge in [-0.05, 0) is 36.8 Å². The van der Waals surface area contributed by atoms with Crippen molar-refractivity contribution in [3.63, 3.8) is 0 Å². The first-order chi connectivity index (χ1) is 10.0. The molecule has 2 aromatic rings. The van der Waals surface area contributed by atoms with Crippen LogP contribution < -0.4 is 5.32 Å². The van der Waals surface area contributed by atoms with Crippen molar-refractivity contribution in [3.8, 4) is 6.07 Å². The highest BCUT2D eigenvalue weighted by Gasteiger charge is 2.11. The molecule has 0 aliphatic heterocycles. The topological polar surface area (TPSA) is 52.9 Å². The van der Waals surface area contributed by atoms with E-state index in [2.05, 4.69) is 5.32 Å². The monoisotopic (exact) mass is 302 g/mol. The standard InChI is InChI=1S/C16H12ClFN2O/c1-10-2-5-13(14(17)6-10)16(21)20-9-12-4-3-11(8-19)7-15(12)18/h2-7H,9H2,1H3,(H,20,21). The zero-order valence-corrected chi connectivity index (χ0v) is 12.0. The number of carbonyl (C=O) groups excluding carboxylic acids is 1. The van der Waals surface area contributed by atoms with Gasteiger partial charge in [-0.1, -0.05) is 23.7 Å². The average molecular weight is 303 g/mol. The van der Waals surface area contributed by atoms with E-state index in [1.165, 1.54) is 12.1 Å². The normalized spacial score (nSPS) is 10.0. The molecule has 21 heavy (non-hydrogen) atoms. The van der Waals surface area contributed by atoms with E-state index >= 15 is 0 Å². The first-order valence-corrected chi connectivity index (χ1v) is 6.62. The molecule has 0 heterocycles. The van der Waals surface area contributed by atoms with Crippen LogP contribution in [0.4, 0.5) is 4.39 Å².